The summed E-state index contributed by atoms with van der Waals surface area (Å²) in [5.74, 6) is -0.240. The van der Waals surface area contributed by atoms with Crippen LogP contribution >= 0.6 is 23.4 Å². The van der Waals surface area contributed by atoms with Crippen molar-refractivity contribution in [2.45, 2.75) is 58.2 Å². The fourth-order valence-electron chi connectivity index (χ4n) is 5.74. The largest absolute Gasteiger partial charge is 0.448 e. The minimum Gasteiger partial charge on any atom is -0.448 e. The average Bonchev–Trinajstić information content (AvgIpc) is 3.49. The monoisotopic (exact) mass is 556 g/mol. The lowest BCUT2D eigenvalue weighted by atomic mass is 9.76. The van der Waals surface area contributed by atoms with Crippen LogP contribution in [0.3, 0.4) is 0 Å². The maximum Gasteiger partial charge on any atom is 0.255 e. The van der Waals surface area contributed by atoms with Crippen LogP contribution in [-0.2, 0) is 11.8 Å². The van der Waals surface area contributed by atoms with Crippen molar-refractivity contribution in [1.29, 1.82) is 0 Å². The van der Waals surface area contributed by atoms with Gasteiger partial charge in [-0.3, -0.25) is 14.3 Å². The predicted molar refractivity (Wildman–Crippen MR) is 149 cm³/mol. The molecule has 1 aromatic carbocycles. The molecule has 1 N–H and O–H groups in total. The van der Waals surface area contributed by atoms with E-state index in [2.05, 4.69) is 21.6 Å². The summed E-state index contributed by atoms with van der Waals surface area (Å²) in [5.41, 5.74) is 3.02. The Morgan fingerprint density at radius 2 is 1.95 bits per heavy atom. The zero-order valence-electron chi connectivity index (χ0n) is 22.3. The zero-order valence-corrected chi connectivity index (χ0v) is 23.9. The molecule has 8 nitrogen and oxygen atoms in total. The molecule has 2 aliphatic heterocycles. The van der Waals surface area contributed by atoms with Crippen LogP contribution in [0.25, 0.3) is 0 Å². The second-order valence-corrected chi connectivity index (χ2v) is 11.8. The minimum atomic E-state index is -0.853. The minimum absolute atomic E-state index is 0.157. The van der Waals surface area contributed by atoms with Crippen molar-refractivity contribution < 1.29 is 19.1 Å². The van der Waals surface area contributed by atoms with E-state index in [1.165, 1.54) is 17.3 Å². The molecular formula is C28H33ClN4O4S. The van der Waals surface area contributed by atoms with E-state index in [1.807, 2.05) is 44.1 Å². The molecule has 38 heavy (non-hydrogen) atoms. The van der Waals surface area contributed by atoms with Crippen molar-refractivity contribution in [2.75, 3.05) is 12.8 Å². The molecule has 2 amide bonds. The Morgan fingerprint density at radius 3 is 2.61 bits per heavy atom. The number of nitrogens with zero attached hydrogens (tertiary/aromatic N) is 3. The number of carbonyl (C=O) groups excluding carboxylic acids is 2. The lowest BCUT2D eigenvalue weighted by molar-refractivity contribution is -0.121. The van der Waals surface area contributed by atoms with Gasteiger partial charge in [-0.2, -0.15) is 5.10 Å². The summed E-state index contributed by atoms with van der Waals surface area (Å²) >= 11 is 8.11. The number of benzene rings is 1. The molecular weight excluding hydrogens is 524 g/mol. The van der Waals surface area contributed by atoms with Crippen molar-refractivity contribution in [2.24, 2.45) is 23.9 Å². The molecule has 0 radical (unpaired) electrons. The van der Waals surface area contributed by atoms with Gasteiger partial charge in [0, 0.05) is 54.4 Å². The highest BCUT2D eigenvalue weighted by Crippen LogP contribution is 2.52. The van der Waals surface area contributed by atoms with Crippen LogP contribution in [0.1, 0.15) is 66.9 Å². The van der Waals surface area contributed by atoms with Crippen molar-refractivity contribution in [3.63, 3.8) is 0 Å². The number of thioether (sulfide) groups is 1. The Balaban J connectivity index is 1.28. The van der Waals surface area contributed by atoms with E-state index >= 15 is 0 Å². The molecule has 2 aromatic rings. The van der Waals surface area contributed by atoms with E-state index in [1.54, 1.807) is 13.0 Å². The molecule has 2 unspecified atom stereocenters. The molecule has 3 heterocycles. The number of aromatic nitrogens is 2. The summed E-state index contributed by atoms with van der Waals surface area (Å²) < 4.78 is 14.7. The predicted octanol–water partition coefficient (Wildman–Crippen LogP) is 5.44. The highest BCUT2D eigenvalue weighted by atomic mass is 35.5. The fraction of sp³-hybridized carbons (Fsp3) is 0.500. The SMILES string of the molecule is CSC1=CC(C)=NC(=O)C1CNC(=O)c1cc(Cl)c2c(c1C)OC(C)(C1CCC(c3cnn(C)c3)CC1)O2. The maximum atomic E-state index is 13.2. The van der Waals surface area contributed by atoms with Crippen molar-refractivity contribution >= 4 is 40.9 Å². The third kappa shape index (κ3) is 4.98. The maximum absolute atomic E-state index is 13.2. The van der Waals surface area contributed by atoms with Crippen LogP contribution in [0.5, 0.6) is 11.5 Å². The van der Waals surface area contributed by atoms with Gasteiger partial charge in [0.25, 0.3) is 17.6 Å². The van der Waals surface area contributed by atoms with E-state index in [0.717, 1.165) is 30.6 Å². The van der Waals surface area contributed by atoms with Gasteiger partial charge < -0.3 is 14.8 Å². The van der Waals surface area contributed by atoms with Crippen molar-refractivity contribution in [3.05, 3.63) is 51.2 Å². The number of amides is 2. The van der Waals surface area contributed by atoms with Crippen LogP contribution in [0.15, 0.2) is 34.4 Å². The number of fused-ring (bicyclic) bond motifs is 1. The average molecular weight is 557 g/mol. The number of nitrogens with one attached hydrogen (secondary N) is 1. The number of carbonyl (C=O) groups is 2. The van der Waals surface area contributed by atoms with Gasteiger partial charge in [-0.05, 0) is 69.4 Å². The molecule has 5 rings (SSSR count). The first kappa shape index (κ1) is 26.8. The van der Waals surface area contributed by atoms with Crippen LogP contribution in [0.2, 0.25) is 5.02 Å². The Kier molecular flexibility index (Phi) is 7.35. The molecule has 0 spiro atoms. The fourth-order valence-corrected chi connectivity index (χ4v) is 6.73. The van der Waals surface area contributed by atoms with Crippen LogP contribution < -0.4 is 14.8 Å². The Hall–Kier alpha value is -2.78. The van der Waals surface area contributed by atoms with E-state index in [9.17, 15) is 9.59 Å². The number of aliphatic imine (C=N–C) groups is 1. The molecule has 0 bridgehead atoms. The highest BCUT2D eigenvalue weighted by Gasteiger charge is 2.47. The molecule has 0 saturated heterocycles. The van der Waals surface area contributed by atoms with Crippen LogP contribution in [0.4, 0.5) is 0 Å². The number of ether oxygens (including phenoxy) is 2. The molecule has 1 aromatic heterocycles. The van der Waals surface area contributed by atoms with Crippen LogP contribution in [0, 0.1) is 18.8 Å². The molecule has 202 valence electrons. The van der Waals surface area contributed by atoms with Crippen molar-refractivity contribution in [1.82, 2.24) is 15.1 Å². The number of hydrogen-bond donors (Lipinski definition) is 1. The molecule has 1 saturated carbocycles. The second-order valence-electron chi connectivity index (χ2n) is 10.5. The lowest BCUT2D eigenvalue weighted by Crippen LogP contribution is -2.44. The van der Waals surface area contributed by atoms with Gasteiger partial charge >= 0.3 is 0 Å². The van der Waals surface area contributed by atoms with E-state index in [4.69, 9.17) is 21.1 Å². The standard InChI is InChI=1S/C28H33ClN4O4S/c1-15-10-23(38-5)21(27(35)32-15)13-30-26(34)20-11-22(29)25-24(16(20)2)36-28(3,37-25)19-8-6-17(7-9-19)18-12-31-33(4)14-18/h10-12,14,17,19,21H,6-9,13H2,1-5H3,(H,30,34). The normalized spacial score (nSPS) is 26.7. The second kappa shape index (κ2) is 10.4. The van der Waals surface area contributed by atoms with Gasteiger partial charge in [0.2, 0.25) is 0 Å². The Bertz CT molecular complexity index is 1340. The van der Waals surface area contributed by atoms with Gasteiger partial charge in [0.05, 0.1) is 17.1 Å². The molecule has 3 aliphatic rings. The molecule has 1 aliphatic carbocycles. The van der Waals surface area contributed by atoms with Crippen molar-refractivity contribution in [3.8, 4) is 11.5 Å². The van der Waals surface area contributed by atoms with E-state index < -0.39 is 11.7 Å². The first-order valence-corrected chi connectivity index (χ1v) is 14.5. The number of hydrogen-bond acceptors (Lipinski definition) is 6. The number of aryl methyl sites for hydroxylation is 1. The summed E-state index contributed by atoms with van der Waals surface area (Å²) in [6.07, 6.45) is 11.8. The molecule has 10 heteroatoms. The van der Waals surface area contributed by atoms with Gasteiger partial charge in [-0.1, -0.05) is 11.6 Å². The molecule has 1 fully saturated rings. The highest BCUT2D eigenvalue weighted by molar-refractivity contribution is 8.02. The first-order chi connectivity index (χ1) is 18.1. The Labute approximate surface area is 232 Å². The number of allylic oxidation sites excluding steroid dienone is 1. The quantitative estimate of drug-likeness (QED) is 0.509. The number of dihydropyridines is 1. The van der Waals surface area contributed by atoms with E-state index in [0.29, 0.717) is 39.3 Å². The Morgan fingerprint density at radius 1 is 1.24 bits per heavy atom. The van der Waals surface area contributed by atoms with E-state index in [-0.39, 0.29) is 24.3 Å². The number of rotatable bonds is 6. The summed E-state index contributed by atoms with van der Waals surface area (Å²) in [7, 11) is 1.94. The van der Waals surface area contributed by atoms with Gasteiger partial charge in [-0.15, -0.1) is 11.8 Å². The summed E-state index contributed by atoms with van der Waals surface area (Å²) in [6, 6.07) is 1.62. The third-order valence-corrected chi connectivity index (χ3v) is 9.09. The summed E-state index contributed by atoms with van der Waals surface area (Å²) in [6.45, 7) is 5.75. The van der Waals surface area contributed by atoms with Crippen LogP contribution in [-0.4, -0.2) is 45.9 Å². The topological polar surface area (TPSA) is 94.8 Å². The van der Waals surface area contributed by atoms with Gasteiger partial charge in [0.1, 0.15) is 0 Å². The third-order valence-electron chi connectivity index (χ3n) is 7.94. The lowest BCUT2D eigenvalue weighted by Gasteiger charge is -2.37. The summed E-state index contributed by atoms with van der Waals surface area (Å²) in [5, 5.41) is 7.55. The first-order valence-electron chi connectivity index (χ1n) is 12.9. The summed E-state index contributed by atoms with van der Waals surface area (Å²) in [4.78, 5) is 30.6. The molecule has 2 atom stereocenters. The number of halogens is 1. The van der Waals surface area contributed by atoms with Gasteiger partial charge in [-0.25, -0.2) is 4.99 Å². The zero-order chi connectivity index (χ0) is 27.2. The smallest absolute Gasteiger partial charge is 0.255 e. The van der Waals surface area contributed by atoms with Gasteiger partial charge in [0.15, 0.2) is 11.5 Å².